The molecule has 0 fully saturated rings. The number of alkyl halides is 3. The summed E-state index contributed by atoms with van der Waals surface area (Å²) in [5.41, 5.74) is 1.51. The lowest BCUT2D eigenvalue weighted by Gasteiger charge is -2.36. The first-order chi connectivity index (χ1) is 13.3. The van der Waals surface area contributed by atoms with Crippen LogP contribution in [0.2, 0.25) is 18.1 Å². The summed E-state index contributed by atoms with van der Waals surface area (Å²) in [5.74, 6) is -0.594. The van der Waals surface area contributed by atoms with Gasteiger partial charge in [0, 0.05) is 31.5 Å². The van der Waals surface area contributed by atoms with Gasteiger partial charge in [-0.05, 0) is 30.6 Å². The number of aromatic nitrogens is 2. The van der Waals surface area contributed by atoms with Gasteiger partial charge in [-0.1, -0.05) is 20.8 Å². The van der Waals surface area contributed by atoms with E-state index in [1.165, 1.54) is 23.6 Å². The average Bonchev–Trinajstić information content (AvgIpc) is 3.03. The molecule has 29 heavy (non-hydrogen) atoms. The zero-order chi connectivity index (χ0) is 21.9. The summed E-state index contributed by atoms with van der Waals surface area (Å²) in [6, 6.07) is 1.52. The Balaban J connectivity index is 1.95. The minimum Gasteiger partial charge on any atom is -0.417 e. The first kappa shape index (κ1) is 23.5. The minimum atomic E-state index is -4.62. The normalized spacial score (nSPS) is 16.3. The highest BCUT2D eigenvalue weighted by Gasteiger charge is 2.43. The molecule has 1 aromatic rings. The number of Topliss-reactive ketones (excluding diaryl/α,β-unsaturated/α-hetero) is 1. The maximum atomic E-state index is 13.4. The number of hydrogen-bond acceptors (Lipinski definition) is 6. The molecule has 1 aromatic heterocycles. The Morgan fingerprint density at radius 1 is 1.31 bits per heavy atom. The molecule has 1 aliphatic rings. The number of allylic oxidation sites excluding steroid dienone is 1. The van der Waals surface area contributed by atoms with E-state index < -0.39 is 26.0 Å². The third kappa shape index (κ3) is 6.35. The van der Waals surface area contributed by atoms with Gasteiger partial charge in [0.05, 0.1) is 12.1 Å². The molecule has 0 amide bonds. The van der Waals surface area contributed by atoms with E-state index >= 15 is 0 Å². The van der Waals surface area contributed by atoms with Crippen molar-refractivity contribution >= 4 is 14.1 Å². The van der Waals surface area contributed by atoms with Crippen molar-refractivity contribution in [2.45, 2.75) is 57.9 Å². The first-order valence-electron chi connectivity index (χ1n) is 9.55. The van der Waals surface area contributed by atoms with Crippen molar-refractivity contribution in [1.82, 2.24) is 20.4 Å². The molecule has 10 heteroatoms. The van der Waals surface area contributed by atoms with Gasteiger partial charge in [0.1, 0.15) is 12.0 Å². The van der Waals surface area contributed by atoms with Crippen molar-refractivity contribution in [3.8, 4) is 0 Å². The molecule has 0 unspecified atom stereocenters. The van der Waals surface area contributed by atoms with E-state index in [0.29, 0.717) is 25.3 Å². The number of ketones is 1. The molecule has 0 saturated heterocycles. The number of carbonyl (C=O) groups is 1. The van der Waals surface area contributed by atoms with Crippen LogP contribution in [0, 0.1) is 0 Å². The SMILES string of the molecule is CC(C)(C)[Si](C)(C)OCCCN1CC(C(=O)Cc2ccncn2)=C(C(F)(F)F)N1. The molecule has 6 nitrogen and oxygen atoms in total. The van der Waals surface area contributed by atoms with Crippen LogP contribution in [0.15, 0.2) is 29.9 Å². The molecule has 2 rings (SSSR count). The number of hydrogen-bond donors (Lipinski definition) is 1. The van der Waals surface area contributed by atoms with Crippen molar-refractivity contribution in [3.05, 3.63) is 35.6 Å². The van der Waals surface area contributed by atoms with Gasteiger partial charge in [-0.25, -0.2) is 15.0 Å². The summed E-state index contributed by atoms with van der Waals surface area (Å²) in [6.07, 6.45) is -1.53. The maximum Gasteiger partial charge on any atom is 0.432 e. The van der Waals surface area contributed by atoms with Crippen LogP contribution >= 0.6 is 0 Å². The van der Waals surface area contributed by atoms with Crippen LogP contribution < -0.4 is 5.43 Å². The van der Waals surface area contributed by atoms with Gasteiger partial charge in [-0.3, -0.25) is 4.79 Å². The number of halogens is 3. The highest BCUT2D eigenvalue weighted by molar-refractivity contribution is 6.74. The Morgan fingerprint density at radius 3 is 2.55 bits per heavy atom. The van der Waals surface area contributed by atoms with E-state index in [-0.39, 0.29) is 23.6 Å². The average molecular weight is 431 g/mol. The number of carbonyl (C=O) groups excluding carboxylic acids is 1. The molecular weight excluding hydrogens is 401 g/mol. The van der Waals surface area contributed by atoms with Crippen LogP contribution in [0.3, 0.4) is 0 Å². The van der Waals surface area contributed by atoms with E-state index in [1.54, 1.807) is 0 Å². The molecule has 0 aliphatic carbocycles. The summed E-state index contributed by atoms with van der Waals surface area (Å²) >= 11 is 0. The molecular formula is C19H29F3N4O2Si. The van der Waals surface area contributed by atoms with Gasteiger partial charge < -0.3 is 9.85 Å². The lowest BCUT2D eigenvalue weighted by molar-refractivity contribution is -0.117. The molecule has 0 aromatic carbocycles. The van der Waals surface area contributed by atoms with Gasteiger partial charge >= 0.3 is 6.18 Å². The maximum absolute atomic E-state index is 13.4. The summed E-state index contributed by atoms with van der Waals surface area (Å²) in [6.45, 7) is 11.4. The fourth-order valence-electron chi connectivity index (χ4n) is 2.63. The van der Waals surface area contributed by atoms with Crippen LogP contribution in [0.1, 0.15) is 32.9 Å². The van der Waals surface area contributed by atoms with Crippen molar-refractivity contribution in [1.29, 1.82) is 0 Å². The minimum absolute atomic E-state index is 0.0739. The lowest BCUT2D eigenvalue weighted by atomic mass is 10.0. The molecule has 1 aliphatic heterocycles. The number of rotatable bonds is 8. The Morgan fingerprint density at radius 2 is 2.00 bits per heavy atom. The van der Waals surface area contributed by atoms with Crippen LogP contribution in [-0.4, -0.2) is 55.0 Å². The predicted octanol–water partition coefficient (Wildman–Crippen LogP) is 3.64. The predicted molar refractivity (Wildman–Crippen MR) is 106 cm³/mol. The van der Waals surface area contributed by atoms with Crippen LogP contribution in [0.5, 0.6) is 0 Å². The van der Waals surface area contributed by atoms with Crippen molar-refractivity contribution in [2.75, 3.05) is 19.7 Å². The van der Waals surface area contributed by atoms with Gasteiger partial charge in [0.15, 0.2) is 14.1 Å². The van der Waals surface area contributed by atoms with Gasteiger partial charge in [-0.15, -0.1) is 0 Å². The van der Waals surface area contributed by atoms with Gasteiger partial charge in [-0.2, -0.15) is 13.2 Å². The van der Waals surface area contributed by atoms with Crippen LogP contribution in [0.25, 0.3) is 0 Å². The number of nitrogens with zero attached hydrogens (tertiary/aromatic N) is 3. The number of nitrogens with one attached hydrogen (secondary N) is 1. The Kier molecular flexibility index (Phi) is 7.23. The molecule has 2 heterocycles. The van der Waals surface area contributed by atoms with Crippen molar-refractivity contribution in [2.24, 2.45) is 0 Å². The Labute approximate surface area is 170 Å². The van der Waals surface area contributed by atoms with Gasteiger partial charge in [0.25, 0.3) is 0 Å². The van der Waals surface area contributed by atoms with Crippen molar-refractivity contribution < 1.29 is 22.4 Å². The van der Waals surface area contributed by atoms with E-state index in [0.717, 1.165) is 0 Å². The van der Waals surface area contributed by atoms with E-state index in [2.05, 4.69) is 49.3 Å². The van der Waals surface area contributed by atoms with E-state index in [9.17, 15) is 18.0 Å². The zero-order valence-electron chi connectivity index (χ0n) is 17.6. The van der Waals surface area contributed by atoms with Gasteiger partial charge in [0.2, 0.25) is 0 Å². The second-order valence-electron chi connectivity index (χ2n) is 8.65. The Bertz CT molecular complexity index is 746. The molecule has 0 saturated carbocycles. The summed E-state index contributed by atoms with van der Waals surface area (Å²) in [4.78, 5) is 20.1. The Hall–Kier alpha value is -1.78. The molecule has 1 N–H and O–H groups in total. The van der Waals surface area contributed by atoms with Crippen LogP contribution in [-0.2, 0) is 15.6 Å². The quantitative estimate of drug-likeness (QED) is 0.502. The molecule has 0 radical (unpaired) electrons. The topological polar surface area (TPSA) is 67.3 Å². The smallest absolute Gasteiger partial charge is 0.417 e. The fraction of sp³-hybridized carbons (Fsp3) is 0.632. The van der Waals surface area contributed by atoms with Crippen molar-refractivity contribution in [3.63, 3.8) is 0 Å². The first-order valence-corrected chi connectivity index (χ1v) is 12.5. The molecule has 0 spiro atoms. The third-order valence-electron chi connectivity index (χ3n) is 5.37. The second kappa shape index (κ2) is 8.93. The molecule has 162 valence electrons. The zero-order valence-corrected chi connectivity index (χ0v) is 18.6. The lowest BCUT2D eigenvalue weighted by Crippen LogP contribution is -2.42. The third-order valence-corrected chi connectivity index (χ3v) is 9.91. The summed E-state index contributed by atoms with van der Waals surface area (Å²) in [7, 11) is -1.90. The summed E-state index contributed by atoms with van der Waals surface area (Å²) in [5, 5.41) is 1.50. The second-order valence-corrected chi connectivity index (χ2v) is 13.5. The fourth-order valence-corrected chi connectivity index (χ4v) is 3.71. The molecule has 0 bridgehead atoms. The van der Waals surface area contributed by atoms with E-state index in [4.69, 9.17) is 4.43 Å². The molecule has 0 atom stereocenters. The number of hydrazine groups is 1. The van der Waals surface area contributed by atoms with Crippen LogP contribution in [0.4, 0.5) is 13.2 Å². The summed E-state index contributed by atoms with van der Waals surface area (Å²) < 4.78 is 46.3. The largest absolute Gasteiger partial charge is 0.432 e. The highest BCUT2D eigenvalue weighted by atomic mass is 28.4. The monoisotopic (exact) mass is 430 g/mol. The van der Waals surface area contributed by atoms with E-state index in [1.807, 2.05) is 0 Å². The standard InChI is InChI=1S/C19H29F3N4O2Si/c1-18(2,3)29(4,5)28-10-6-9-26-12-15(17(25-26)19(20,21)22)16(27)11-14-7-8-23-13-24-14/h7-8,13,25H,6,9-12H2,1-5H3. The highest BCUT2D eigenvalue weighted by Crippen LogP contribution is 2.36.